The predicted molar refractivity (Wildman–Crippen MR) is 110 cm³/mol. The van der Waals surface area contributed by atoms with E-state index >= 15 is 0 Å². The zero-order valence-corrected chi connectivity index (χ0v) is 16.7. The van der Waals surface area contributed by atoms with E-state index in [2.05, 4.69) is 9.88 Å². The average molecular weight is 397 g/mol. The van der Waals surface area contributed by atoms with Crippen molar-refractivity contribution in [1.29, 1.82) is 0 Å². The van der Waals surface area contributed by atoms with E-state index in [1.54, 1.807) is 37.3 Å². The molecule has 5 nitrogen and oxygen atoms in total. The van der Waals surface area contributed by atoms with Gasteiger partial charge >= 0.3 is 5.97 Å². The third-order valence-corrected chi connectivity index (χ3v) is 4.92. The Balaban J connectivity index is 1.60. The van der Waals surface area contributed by atoms with E-state index in [0.29, 0.717) is 16.3 Å². The maximum Gasteiger partial charge on any atom is 0.338 e. The van der Waals surface area contributed by atoms with Gasteiger partial charge in [0, 0.05) is 27.8 Å². The Labute approximate surface area is 168 Å². The lowest BCUT2D eigenvalue weighted by molar-refractivity contribution is -0.119. The number of hydrogen-bond acceptors (Lipinski definition) is 3. The van der Waals surface area contributed by atoms with Gasteiger partial charge in [-0.3, -0.25) is 4.79 Å². The Bertz CT molecular complexity index is 1000. The molecule has 28 heavy (non-hydrogen) atoms. The van der Waals surface area contributed by atoms with Crippen LogP contribution in [0.4, 0.5) is 5.69 Å². The van der Waals surface area contributed by atoms with Crippen molar-refractivity contribution in [3.63, 3.8) is 0 Å². The fourth-order valence-electron chi connectivity index (χ4n) is 2.97. The number of anilines is 1. The van der Waals surface area contributed by atoms with Gasteiger partial charge in [0.25, 0.3) is 5.91 Å². The molecule has 3 rings (SSSR count). The smallest absolute Gasteiger partial charge is 0.338 e. The number of ether oxygens (including phenoxy) is 1. The Hall–Kier alpha value is -3.05. The van der Waals surface area contributed by atoms with Crippen LogP contribution in [-0.2, 0) is 9.53 Å². The van der Waals surface area contributed by atoms with Gasteiger partial charge < -0.3 is 14.6 Å². The van der Waals surface area contributed by atoms with Crippen LogP contribution in [0.3, 0.4) is 0 Å². The Morgan fingerprint density at radius 1 is 0.964 bits per heavy atom. The number of amides is 1. The minimum atomic E-state index is -0.550. The molecular formula is C22H21ClN2O3. The highest BCUT2D eigenvalue weighted by Gasteiger charge is 2.12. The molecule has 0 spiro atoms. The van der Waals surface area contributed by atoms with Crippen molar-refractivity contribution in [3.05, 3.63) is 82.1 Å². The highest BCUT2D eigenvalue weighted by molar-refractivity contribution is 6.31. The number of carbonyl (C=O) groups excluding carboxylic acids is 2. The summed E-state index contributed by atoms with van der Waals surface area (Å²) in [4.78, 5) is 24.3. The molecule has 0 saturated carbocycles. The number of esters is 1. The second-order valence-electron chi connectivity index (χ2n) is 6.54. The summed E-state index contributed by atoms with van der Waals surface area (Å²) in [5.41, 5.74) is 4.93. The van der Waals surface area contributed by atoms with Gasteiger partial charge in [-0.1, -0.05) is 17.7 Å². The van der Waals surface area contributed by atoms with Gasteiger partial charge in [0.05, 0.1) is 5.56 Å². The number of nitrogens with zero attached hydrogens (tertiary/aromatic N) is 1. The number of rotatable bonds is 5. The lowest BCUT2D eigenvalue weighted by atomic mass is 10.2. The van der Waals surface area contributed by atoms with E-state index < -0.39 is 11.9 Å². The molecular weight excluding hydrogens is 376 g/mol. The molecule has 6 heteroatoms. The molecule has 2 aromatic carbocycles. The number of benzene rings is 2. The third-order valence-electron chi connectivity index (χ3n) is 4.51. The first-order valence-corrected chi connectivity index (χ1v) is 9.22. The SMILES string of the molecule is Cc1c(Cl)cccc1NC(=O)COC(=O)c1ccc(-n2c(C)ccc2C)cc1. The Morgan fingerprint density at radius 3 is 2.25 bits per heavy atom. The summed E-state index contributed by atoms with van der Waals surface area (Å²) in [7, 11) is 0. The molecule has 0 aliphatic rings. The summed E-state index contributed by atoms with van der Waals surface area (Å²) in [6, 6.07) is 16.4. The second kappa shape index (κ2) is 8.31. The first-order chi connectivity index (χ1) is 13.4. The molecule has 0 saturated heterocycles. The third kappa shape index (κ3) is 4.26. The van der Waals surface area contributed by atoms with Crippen molar-refractivity contribution in [2.45, 2.75) is 20.8 Å². The zero-order valence-electron chi connectivity index (χ0n) is 16.0. The van der Waals surface area contributed by atoms with Crippen molar-refractivity contribution in [2.75, 3.05) is 11.9 Å². The van der Waals surface area contributed by atoms with Crippen molar-refractivity contribution >= 4 is 29.2 Å². The predicted octanol–water partition coefficient (Wildman–Crippen LogP) is 4.85. The van der Waals surface area contributed by atoms with Gasteiger partial charge in [-0.2, -0.15) is 0 Å². The van der Waals surface area contributed by atoms with Gasteiger partial charge in [-0.15, -0.1) is 0 Å². The molecule has 1 N–H and O–H groups in total. The zero-order chi connectivity index (χ0) is 20.3. The van der Waals surface area contributed by atoms with Crippen molar-refractivity contribution in [1.82, 2.24) is 4.57 Å². The second-order valence-corrected chi connectivity index (χ2v) is 6.94. The Morgan fingerprint density at radius 2 is 1.61 bits per heavy atom. The summed E-state index contributed by atoms with van der Waals surface area (Å²) in [6.45, 7) is 5.48. The highest BCUT2D eigenvalue weighted by Crippen LogP contribution is 2.23. The summed E-state index contributed by atoms with van der Waals surface area (Å²) < 4.78 is 7.21. The van der Waals surface area contributed by atoms with Crippen LogP contribution in [0, 0.1) is 20.8 Å². The molecule has 0 aliphatic carbocycles. The van der Waals surface area contributed by atoms with Gasteiger partial charge in [-0.05, 0) is 74.9 Å². The lowest BCUT2D eigenvalue weighted by Crippen LogP contribution is -2.21. The van der Waals surface area contributed by atoms with Crippen LogP contribution in [0.1, 0.15) is 27.3 Å². The minimum absolute atomic E-state index is 0.373. The number of halogens is 1. The highest BCUT2D eigenvalue weighted by atomic mass is 35.5. The number of aryl methyl sites for hydroxylation is 2. The topological polar surface area (TPSA) is 60.3 Å². The minimum Gasteiger partial charge on any atom is -0.452 e. The van der Waals surface area contributed by atoms with Crippen molar-refractivity contribution in [3.8, 4) is 5.69 Å². The van der Waals surface area contributed by atoms with Gasteiger partial charge in [0.15, 0.2) is 6.61 Å². The summed E-state index contributed by atoms with van der Waals surface area (Å²) in [6.07, 6.45) is 0. The molecule has 0 unspecified atom stereocenters. The fraction of sp³-hybridized carbons (Fsp3) is 0.182. The summed E-state index contributed by atoms with van der Waals surface area (Å²) in [5, 5.41) is 3.25. The largest absolute Gasteiger partial charge is 0.452 e. The van der Waals surface area contributed by atoms with Crippen molar-refractivity contribution in [2.24, 2.45) is 0 Å². The van der Waals surface area contributed by atoms with Crippen LogP contribution in [-0.4, -0.2) is 23.1 Å². The maximum atomic E-state index is 12.2. The Kier molecular flexibility index (Phi) is 5.85. The van der Waals surface area contributed by atoms with E-state index in [0.717, 1.165) is 22.6 Å². The quantitative estimate of drug-likeness (QED) is 0.627. The van der Waals surface area contributed by atoms with Crippen LogP contribution in [0.15, 0.2) is 54.6 Å². The molecule has 0 fully saturated rings. The van der Waals surface area contributed by atoms with Crippen molar-refractivity contribution < 1.29 is 14.3 Å². The number of carbonyl (C=O) groups is 2. The molecule has 0 atom stereocenters. The van der Waals surface area contributed by atoms with E-state index in [1.807, 2.05) is 38.1 Å². The number of hydrogen-bond donors (Lipinski definition) is 1. The summed E-state index contributed by atoms with van der Waals surface area (Å²) >= 11 is 6.04. The number of nitrogens with one attached hydrogen (secondary N) is 1. The molecule has 0 bridgehead atoms. The molecule has 1 amide bonds. The molecule has 1 aromatic heterocycles. The molecule has 1 heterocycles. The first kappa shape index (κ1) is 19.7. The molecule has 0 aliphatic heterocycles. The monoisotopic (exact) mass is 396 g/mol. The average Bonchev–Trinajstić information content (AvgIpc) is 3.02. The van der Waals surface area contributed by atoms with Gasteiger partial charge in [0.2, 0.25) is 0 Å². The first-order valence-electron chi connectivity index (χ1n) is 8.84. The van der Waals surface area contributed by atoms with Crippen LogP contribution >= 0.6 is 11.6 Å². The van der Waals surface area contributed by atoms with Crippen LogP contribution < -0.4 is 5.32 Å². The molecule has 144 valence electrons. The van der Waals surface area contributed by atoms with E-state index in [1.165, 1.54) is 0 Å². The summed E-state index contributed by atoms with van der Waals surface area (Å²) in [5.74, 6) is -0.973. The fourth-order valence-corrected chi connectivity index (χ4v) is 3.14. The molecule has 3 aromatic rings. The molecule has 0 radical (unpaired) electrons. The van der Waals surface area contributed by atoms with Gasteiger partial charge in [-0.25, -0.2) is 4.79 Å². The maximum absolute atomic E-state index is 12.2. The van der Waals surface area contributed by atoms with Crippen LogP contribution in [0.25, 0.3) is 5.69 Å². The lowest BCUT2D eigenvalue weighted by Gasteiger charge is -2.11. The number of aromatic nitrogens is 1. The standard InChI is InChI=1S/C22H21ClN2O3/c1-14-7-8-15(2)25(14)18-11-9-17(10-12-18)22(27)28-13-21(26)24-20-6-4-5-19(23)16(20)3/h4-12H,13H2,1-3H3,(H,24,26). The van der Waals surface area contributed by atoms with E-state index in [-0.39, 0.29) is 6.61 Å². The van der Waals surface area contributed by atoms with Crippen LogP contribution in [0.2, 0.25) is 5.02 Å². The van der Waals surface area contributed by atoms with E-state index in [4.69, 9.17) is 16.3 Å². The normalized spacial score (nSPS) is 10.6. The van der Waals surface area contributed by atoms with Gasteiger partial charge in [0.1, 0.15) is 0 Å². The van der Waals surface area contributed by atoms with Crippen LogP contribution in [0.5, 0.6) is 0 Å². The van der Waals surface area contributed by atoms with E-state index in [9.17, 15) is 9.59 Å².